The van der Waals surface area contributed by atoms with Crippen molar-refractivity contribution in [2.75, 3.05) is 17.3 Å². The normalized spacial score (nSPS) is 18.2. The van der Waals surface area contributed by atoms with Gasteiger partial charge >= 0.3 is 0 Å². The zero-order valence-electron chi connectivity index (χ0n) is 12.1. The zero-order valence-corrected chi connectivity index (χ0v) is 12.9. The lowest BCUT2D eigenvalue weighted by molar-refractivity contribution is 0.471. The Kier molecular flexibility index (Phi) is 4.91. The largest absolute Gasteiger partial charge is 0.397 e. The van der Waals surface area contributed by atoms with Gasteiger partial charge in [-0.05, 0) is 31.0 Å². The highest BCUT2D eigenvalue weighted by molar-refractivity contribution is 7.90. The fourth-order valence-corrected chi connectivity index (χ4v) is 3.38. The number of rotatable bonds is 3. The molecule has 3 N–H and O–H groups in total. The number of nitrogen functional groups attached to an aromatic ring is 1. The number of hydrogen-bond acceptors (Lipinski definition) is 4. The van der Waals surface area contributed by atoms with Crippen LogP contribution in [0, 0.1) is 0 Å². The summed E-state index contributed by atoms with van der Waals surface area (Å²) in [7, 11) is -3.19. The quantitative estimate of drug-likeness (QED) is 0.840. The average molecular weight is 296 g/mol. The molecular weight excluding hydrogens is 272 g/mol. The SMILES string of the molecule is CS(=O)(=O)c1ccc(NC2CCCCCCC2)c(N)c1. The van der Waals surface area contributed by atoms with E-state index in [2.05, 4.69) is 5.32 Å². The molecule has 0 aliphatic heterocycles. The number of anilines is 2. The lowest BCUT2D eigenvalue weighted by Gasteiger charge is -2.23. The summed E-state index contributed by atoms with van der Waals surface area (Å²) in [5.41, 5.74) is 7.34. The Morgan fingerprint density at radius 3 is 2.25 bits per heavy atom. The number of nitrogens with one attached hydrogen (secondary N) is 1. The molecule has 1 aliphatic carbocycles. The molecule has 1 fully saturated rings. The minimum atomic E-state index is -3.19. The Balaban J connectivity index is 2.09. The zero-order chi connectivity index (χ0) is 14.6. The molecular formula is C15H24N2O2S. The second kappa shape index (κ2) is 6.48. The van der Waals surface area contributed by atoms with Gasteiger partial charge < -0.3 is 11.1 Å². The van der Waals surface area contributed by atoms with Gasteiger partial charge in [0.1, 0.15) is 0 Å². The Labute approximate surface area is 121 Å². The maximum Gasteiger partial charge on any atom is 0.175 e. The van der Waals surface area contributed by atoms with Crippen LogP contribution in [0.25, 0.3) is 0 Å². The van der Waals surface area contributed by atoms with E-state index < -0.39 is 9.84 Å². The Hall–Kier alpha value is -1.23. The molecule has 0 atom stereocenters. The van der Waals surface area contributed by atoms with Gasteiger partial charge in [0.15, 0.2) is 9.84 Å². The second-order valence-corrected chi connectivity index (χ2v) is 7.72. The number of sulfone groups is 1. The van der Waals surface area contributed by atoms with E-state index in [0.29, 0.717) is 11.7 Å². The van der Waals surface area contributed by atoms with Gasteiger partial charge in [-0.25, -0.2) is 8.42 Å². The molecule has 0 aromatic heterocycles. The molecule has 0 unspecified atom stereocenters. The molecule has 112 valence electrons. The van der Waals surface area contributed by atoms with Crippen LogP contribution in [0.3, 0.4) is 0 Å². The Bertz CT molecular complexity index is 547. The highest BCUT2D eigenvalue weighted by Crippen LogP contribution is 2.26. The van der Waals surface area contributed by atoms with Crippen molar-refractivity contribution in [3.63, 3.8) is 0 Å². The van der Waals surface area contributed by atoms with E-state index in [9.17, 15) is 8.42 Å². The summed E-state index contributed by atoms with van der Waals surface area (Å²) in [5, 5.41) is 3.48. The van der Waals surface area contributed by atoms with Crippen molar-refractivity contribution in [1.82, 2.24) is 0 Å². The summed E-state index contributed by atoms with van der Waals surface area (Å²) in [6.45, 7) is 0. The monoisotopic (exact) mass is 296 g/mol. The van der Waals surface area contributed by atoms with Gasteiger partial charge in [-0.2, -0.15) is 0 Å². The summed E-state index contributed by atoms with van der Waals surface area (Å²) < 4.78 is 23.0. The van der Waals surface area contributed by atoms with Crippen LogP contribution in [0.5, 0.6) is 0 Å². The first-order valence-electron chi connectivity index (χ1n) is 7.33. The fourth-order valence-electron chi connectivity index (χ4n) is 2.72. The molecule has 2 rings (SSSR count). The summed E-state index contributed by atoms with van der Waals surface area (Å²) >= 11 is 0. The van der Waals surface area contributed by atoms with Crippen LogP contribution in [0.4, 0.5) is 11.4 Å². The Morgan fingerprint density at radius 2 is 1.70 bits per heavy atom. The molecule has 5 heteroatoms. The van der Waals surface area contributed by atoms with E-state index in [1.165, 1.54) is 38.4 Å². The molecule has 0 spiro atoms. The first-order valence-corrected chi connectivity index (χ1v) is 9.22. The van der Waals surface area contributed by atoms with Crippen molar-refractivity contribution in [2.24, 2.45) is 0 Å². The first kappa shape index (κ1) is 15.2. The van der Waals surface area contributed by atoms with Gasteiger partial charge in [0, 0.05) is 12.3 Å². The molecule has 0 saturated heterocycles. The van der Waals surface area contributed by atoms with Gasteiger partial charge in [-0.15, -0.1) is 0 Å². The van der Waals surface area contributed by atoms with Crippen molar-refractivity contribution in [3.05, 3.63) is 18.2 Å². The highest BCUT2D eigenvalue weighted by atomic mass is 32.2. The summed E-state index contributed by atoms with van der Waals surface area (Å²) in [4.78, 5) is 0.276. The van der Waals surface area contributed by atoms with Crippen LogP contribution in [-0.4, -0.2) is 20.7 Å². The lowest BCUT2D eigenvalue weighted by atomic mass is 9.96. The van der Waals surface area contributed by atoms with Crippen LogP contribution >= 0.6 is 0 Å². The standard InChI is InChI=1S/C15H24N2O2S/c1-20(18,19)13-9-10-15(14(16)11-13)17-12-7-5-3-2-4-6-8-12/h9-12,17H,2-8,16H2,1H3. The molecule has 1 aliphatic rings. The third kappa shape index (κ3) is 4.13. The number of hydrogen-bond donors (Lipinski definition) is 2. The average Bonchev–Trinajstić information content (AvgIpc) is 2.33. The predicted octanol–water partition coefficient (Wildman–Crippen LogP) is 3.20. The van der Waals surface area contributed by atoms with Crippen molar-refractivity contribution in [3.8, 4) is 0 Å². The molecule has 0 bridgehead atoms. The van der Waals surface area contributed by atoms with Crippen molar-refractivity contribution >= 4 is 21.2 Å². The van der Waals surface area contributed by atoms with Crippen LogP contribution in [0.2, 0.25) is 0 Å². The molecule has 0 radical (unpaired) electrons. The minimum Gasteiger partial charge on any atom is -0.397 e. The van der Waals surface area contributed by atoms with Crippen LogP contribution in [0.15, 0.2) is 23.1 Å². The van der Waals surface area contributed by atoms with Gasteiger partial charge in [0.2, 0.25) is 0 Å². The molecule has 20 heavy (non-hydrogen) atoms. The molecule has 0 heterocycles. The highest BCUT2D eigenvalue weighted by Gasteiger charge is 2.14. The third-order valence-electron chi connectivity index (χ3n) is 3.92. The van der Waals surface area contributed by atoms with E-state index in [1.54, 1.807) is 18.2 Å². The summed E-state index contributed by atoms with van der Waals surface area (Å²) in [6.07, 6.45) is 9.97. The van der Waals surface area contributed by atoms with Gasteiger partial charge in [0.25, 0.3) is 0 Å². The van der Waals surface area contributed by atoms with Crippen molar-refractivity contribution in [1.29, 1.82) is 0 Å². The minimum absolute atomic E-state index is 0.276. The second-order valence-electron chi connectivity index (χ2n) is 5.71. The van der Waals surface area contributed by atoms with E-state index in [-0.39, 0.29) is 4.90 Å². The van der Waals surface area contributed by atoms with Gasteiger partial charge in [0.05, 0.1) is 16.3 Å². The summed E-state index contributed by atoms with van der Waals surface area (Å²) in [5.74, 6) is 0. The summed E-state index contributed by atoms with van der Waals surface area (Å²) in [6, 6.07) is 5.39. The Morgan fingerprint density at radius 1 is 1.10 bits per heavy atom. The fraction of sp³-hybridized carbons (Fsp3) is 0.600. The molecule has 4 nitrogen and oxygen atoms in total. The maximum absolute atomic E-state index is 11.5. The van der Waals surface area contributed by atoms with E-state index in [4.69, 9.17) is 5.73 Å². The lowest BCUT2D eigenvalue weighted by Crippen LogP contribution is -2.21. The molecule has 0 amide bonds. The maximum atomic E-state index is 11.5. The van der Waals surface area contributed by atoms with E-state index >= 15 is 0 Å². The van der Waals surface area contributed by atoms with E-state index in [0.717, 1.165) is 18.5 Å². The topological polar surface area (TPSA) is 72.2 Å². The molecule has 1 saturated carbocycles. The van der Waals surface area contributed by atoms with Crippen molar-refractivity contribution < 1.29 is 8.42 Å². The molecule has 1 aromatic rings. The molecule has 1 aromatic carbocycles. The van der Waals surface area contributed by atoms with E-state index in [1.807, 2.05) is 0 Å². The van der Waals surface area contributed by atoms with Crippen LogP contribution in [-0.2, 0) is 9.84 Å². The van der Waals surface area contributed by atoms with Crippen LogP contribution in [0.1, 0.15) is 44.9 Å². The number of benzene rings is 1. The van der Waals surface area contributed by atoms with Crippen LogP contribution < -0.4 is 11.1 Å². The van der Waals surface area contributed by atoms with Gasteiger partial charge in [-0.1, -0.05) is 32.1 Å². The van der Waals surface area contributed by atoms with Gasteiger partial charge in [-0.3, -0.25) is 0 Å². The predicted molar refractivity (Wildman–Crippen MR) is 83.7 cm³/mol. The first-order chi connectivity index (χ1) is 9.47. The van der Waals surface area contributed by atoms with Crippen molar-refractivity contribution in [2.45, 2.75) is 55.9 Å². The third-order valence-corrected chi connectivity index (χ3v) is 5.03. The number of nitrogens with two attached hydrogens (primary N) is 1. The smallest absolute Gasteiger partial charge is 0.175 e.